The lowest BCUT2D eigenvalue weighted by Crippen LogP contribution is -2.23. The van der Waals surface area contributed by atoms with Crippen LogP contribution in [-0.2, 0) is 6.54 Å². The molecule has 0 unspecified atom stereocenters. The number of ether oxygens (including phenoxy) is 1. The fourth-order valence-electron chi connectivity index (χ4n) is 3.00. The van der Waals surface area contributed by atoms with Crippen molar-refractivity contribution in [2.24, 2.45) is 0 Å². The monoisotopic (exact) mass is 417 g/mol. The van der Waals surface area contributed by atoms with Crippen LogP contribution in [0, 0.1) is 0 Å². The van der Waals surface area contributed by atoms with Gasteiger partial charge in [0.1, 0.15) is 11.6 Å². The average Bonchev–Trinajstić information content (AvgIpc) is 3.31. The zero-order chi connectivity index (χ0) is 21.3. The Labute approximate surface area is 166 Å². The molecule has 3 aromatic heterocycles. The summed E-state index contributed by atoms with van der Waals surface area (Å²) >= 11 is 0. The Bertz CT molecular complexity index is 1210. The summed E-state index contributed by atoms with van der Waals surface area (Å²) in [5.41, 5.74) is 1.04. The maximum atomic E-state index is 12.8. The number of nitrogens with zero attached hydrogens (tertiary/aromatic N) is 4. The van der Waals surface area contributed by atoms with Crippen LogP contribution in [0.1, 0.15) is 5.56 Å². The molecule has 4 aromatic rings. The molecule has 0 atom stereocenters. The summed E-state index contributed by atoms with van der Waals surface area (Å²) in [6.45, 7) is 0.118. The maximum Gasteiger partial charge on any atom is 0.573 e. The Hall–Kier alpha value is -4.02. The van der Waals surface area contributed by atoms with E-state index >= 15 is 0 Å². The van der Waals surface area contributed by atoms with Gasteiger partial charge in [0, 0.05) is 30.4 Å². The van der Waals surface area contributed by atoms with Gasteiger partial charge in [0.05, 0.1) is 18.4 Å². The first-order valence-corrected chi connectivity index (χ1v) is 8.62. The zero-order valence-corrected chi connectivity index (χ0v) is 15.2. The standard InChI is InChI=1S/C19H14F3N5O3/c20-19(21,22)30-14-3-1-13(2-4-14)27-16(28)11-26(18(27)29)10-12-5-6-23-9-15(12)17-24-7-8-25-17/h1-9,11,28H,10H2,(H,24,25). The normalized spacial score (nSPS) is 11.6. The van der Waals surface area contributed by atoms with Crippen LogP contribution in [0.4, 0.5) is 13.2 Å². The van der Waals surface area contributed by atoms with Crippen molar-refractivity contribution in [2.75, 3.05) is 0 Å². The number of hydrogen-bond acceptors (Lipinski definition) is 5. The van der Waals surface area contributed by atoms with Crippen molar-refractivity contribution in [3.05, 3.63) is 77.4 Å². The van der Waals surface area contributed by atoms with Crippen molar-refractivity contribution >= 4 is 0 Å². The van der Waals surface area contributed by atoms with Gasteiger partial charge in [-0.05, 0) is 35.9 Å². The van der Waals surface area contributed by atoms with E-state index in [1.54, 1.807) is 30.9 Å². The third-order valence-electron chi connectivity index (χ3n) is 4.27. The third kappa shape index (κ3) is 3.90. The summed E-state index contributed by atoms with van der Waals surface area (Å²) in [4.78, 5) is 24.1. The lowest BCUT2D eigenvalue weighted by molar-refractivity contribution is -0.274. The van der Waals surface area contributed by atoms with Crippen LogP contribution in [0.3, 0.4) is 0 Å². The number of hydrogen-bond donors (Lipinski definition) is 2. The number of pyridine rings is 1. The number of aromatic amines is 1. The van der Waals surface area contributed by atoms with Crippen LogP contribution >= 0.6 is 0 Å². The molecule has 3 heterocycles. The molecule has 11 heteroatoms. The number of aromatic hydroxyl groups is 1. The molecule has 0 fully saturated rings. The molecule has 0 amide bonds. The lowest BCUT2D eigenvalue weighted by atomic mass is 10.1. The van der Waals surface area contributed by atoms with Crippen molar-refractivity contribution in [1.29, 1.82) is 0 Å². The molecular formula is C19H14F3N5O3. The quantitative estimate of drug-likeness (QED) is 0.520. The van der Waals surface area contributed by atoms with Crippen molar-refractivity contribution in [3.63, 3.8) is 0 Å². The van der Waals surface area contributed by atoms with Crippen molar-refractivity contribution in [2.45, 2.75) is 12.9 Å². The maximum absolute atomic E-state index is 12.8. The van der Waals surface area contributed by atoms with Crippen LogP contribution in [0.25, 0.3) is 17.1 Å². The molecule has 30 heavy (non-hydrogen) atoms. The minimum atomic E-state index is -4.82. The molecule has 1 aromatic carbocycles. The molecule has 0 radical (unpaired) electrons. The van der Waals surface area contributed by atoms with Gasteiger partial charge >= 0.3 is 12.1 Å². The lowest BCUT2D eigenvalue weighted by Gasteiger charge is -2.09. The predicted octanol–water partition coefficient (Wildman–Crippen LogP) is 3.08. The van der Waals surface area contributed by atoms with Gasteiger partial charge in [-0.25, -0.2) is 14.3 Å². The van der Waals surface area contributed by atoms with E-state index < -0.39 is 17.8 Å². The Morgan fingerprint density at radius 3 is 2.57 bits per heavy atom. The van der Waals surface area contributed by atoms with Crippen LogP contribution < -0.4 is 10.4 Å². The number of H-pyrrole nitrogens is 1. The fraction of sp³-hybridized carbons (Fsp3) is 0.105. The third-order valence-corrected chi connectivity index (χ3v) is 4.27. The SMILES string of the molecule is O=c1n(Cc2ccncc2-c2ncc[nH]2)cc(O)n1-c1ccc(OC(F)(F)F)cc1. The van der Waals surface area contributed by atoms with Gasteiger partial charge in [0.15, 0.2) is 0 Å². The van der Waals surface area contributed by atoms with Gasteiger partial charge in [-0.2, -0.15) is 0 Å². The summed E-state index contributed by atoms with van der Waals surface area (Å²) in [6.07, 6.45) is 2.85. The molecule has 0 saturated heterocycles. The summed E-state index contributed by atoms with van der Waals surface area (Å²) in [5.74, 6) is -0.216. The van der Waals surface area contributed by atoms with E-state index in [1.807, 2.05) is 0 Å². The molecule has 154 valence electrons. The van der Waals surface area contributed by atoms with Crippen LogP contribution in [0.5, 0.6) is 11.6 Å². The van der Waals surface area contributed by atoms with E-state index in [4.69, 9.17) is 0 Å². The van der Waals surface area contributed by atoms with E-state index in [-0.39, 0.29) is 18.1 Å². The molecule has 0 bridgehead atoms. The first kappa shape index (κ1) is 19.3. The summed E-state index contributed by atoms with van der Waals surface area (Å²) < 4.78 is 43.0. The smallest absolute Gasteiger partial charge is 0.493 e. The number of benzene rings is 1. The van der Waals surface area contributed by atoms with Crippen LogP contribution in [0.15, 0.2) is 66.1 Å². The second-order valence-corrected chi connectivity index (χ2v) is 6.25. The van der Waals surface area contributed by atoms with E-state index in [2.05, 4.69) is 19.7 Å². The first-order valence-electron chi connectivity index (χ1n) is 8.62. The largest absolute Gasteiger partial charge is 0.573 e. The van der Waals surface area contributed by atoms with Crippen molar-refractivity contribution in [1.82, 2.24) is 24.1 Å². The van der Waals surface area contributed by atoms with E-state index in [1.165, 1.54) is 22.9 Å². The number of halogens is 3. The van der Waals surface area contributed by atoms with E-state index in [9.17, 15) is 23.1 Å². The van der Waals surface area contributed by atoms with Gasteiger partial charge in [-0.1, -0.05) is 0 Å². The van der Waals surface area contributed by atoms with Gasteiger partial charge in [-0.15, -0.1) is 13.2 Å². The molecule has 0 aliphatic heterocycles. The fourth-order valence-corrected chi connectivity index (χ4v) is 3.00. The minimum absolute atomic E-state index is 0.118. The molecular weight excluding hydrogens is 403 g/mol. The highest BCUT2D eigenvalue weighted by atomic mass is 19.4. The number of aromatic nitrogens is 5. The Morgan fingerprint density at radius 2 is 1.90 bits per heavy atom. The average molecular weight is 417 g/mol. The number of imidazole rings is 2. The Balaban J connectivity index is 1.65. The summed E-state index contributed by atoms with van der Waals surface area (Å²) in [7, 11) is 0. The molecule has 0 aliphatic rings. The Kier molecular flexibility index (Phi) is 4.78. The van der Waals surface area contributed by atoms with Crippen molar-refractivity contribution in [3.8, 4) is 28.7 Å². The van der Waals surface area contributed by atoms with Crippen LogP contribution in [-0.4, -0.2) is 35.6 Å². The van der Waals surface area contributed by atoms with E-state index in [0.717, 1.165) is 22.3 Å². The minimum Gasteiger partial charge on any atom is -0.493 e. The topological polar surface area (TPSA) is 98.0 Å². The highest BCUT2D eigenvalue weighted by Gasteiger charge is 2.31. The molecule has 0 aliphatic carbocycles. The summed E-state index contributed by atoms with van der Waals surface area (Å²) in [6, 6.07) is 6.33. The number of alkyl halides is 3. The number of rotatable bonds is 5. The second-order valence-electron chi connectivity index (χ2n) is 6.25. The van der Waals surface area contributed by atoms with Crippen LogP contribution in [0.2, 0.25) is 0 Å². The van der Waals surface area contributed by atoms with Gasteiger partial charge in [0.2, 0.25) is 5.88 Å². The highest BCUT2D eigenvalue weighted by Crippen LogP contribution is 2.25. The van der Waals surface area contributed by atoms with Gasteiger partial charge in [-0.3, -0.25) is 9.55 Å². The summed E-state index contributed by atoms with van der Waals surface area (Å²) in [5, 5.41) is 10.3. The van der Waals surface area contributed by atoms with E-state index in [0.29, 0.717) is 11.4 Å². The van der Waals surface area contributed by atoms with Crippen molar-refractivity contribution < 1.29 is 23.0 Å². The van der Waals surface area contributed by atoms with Gasteiger partial charge in [0.25, 0.3) is 0 Å². The first-order chi connectivity index (χ1) is 14.3. The molecule has 8 nitrogen and oxygen atoms in total. The molecule has 4 rings (SSSR count). The molecule has 2 N–H and O–H groups in total. The highest BCUT2D eigenvalue weighted by molar-refractivity contribution is 5.58. The Morgan fingerprint density at radius 1 is 1.13 bits per heavy atom. The molecule has 0 saturated carbocycles. The second kappa shape index (κ2) is 7.43. The van der Waals surface area contributed by atoms with Gasteiger partial charge < -0.3 is 14.8 Å². The number of nitrogens with one attached hydrogen (secondary N) is 1. The zero-order valence-electron chi connectivity index (χ0n) is 15.2. The molecule has 0 spiro atoms. The predicted molar refractivity (Wildman–Crippen MR) is 99.3 cm³/mol.